The van der Waals surface area contributed by atoms with Gasteiger partial charge in [-0.3, -0.25) is 0 Å². The van der Waals surface area contributed by atoms with Gasteiger partial charge in [-0.05, 0) is 61.1 Å². The van der Waals surface area contributed by atoms with Crippen LogP contribution in [0.4, 0.5) is 23.0 Å². The summed E-state index contributed by atoms with van der Waals surface area (Å²) in [5, 5.41) is 7.48. The van der Waals surface area contributed by atoms with Crippen molar-refractivity contribution in [3.8, 4) is 0 Å². The standard InChI is InChI=1S/C25H26ClN7/c1-32-11-13-33(14-12-32)21-7-5-20(6-8-21)30-25-24-22(28-17-29-25)9-10-23(31-24)27-16-18-3-2-4-19(26)15-18/h2-10,15,17H,11-14,16H2,1H3,(H,27,31)(H,28,29,30). The summed E-state index contributed by atoms with van der Waals surface area (Å²) < 4.78 is 0. The van der Waals surface area contributed by atoms with Crippen molar-refractivity contribution in [2.75, 3.05) is 48.8 Å². The first-order valence-electron chi connectivity index (χ1n) is 11.0. The number of nitrogens with one attached hydrogen (secondary N) is 2. The van der Waals surface area contributed by atoms with Gasteiger partial charge in [0.25, 0.3) is 0 Å². The van der Waals surface area contributed by atoms with Crippen LogP contribution in [0.25, 0.3) is 11.0 Å². The molecule has 0 radical (unpaired) electrons. The number of pyridine rings is 1. The molecule has 0 saturated carbocycles. The van der Waals surface area contributed by atoms with Crippen LogP contribution in [0.2, 0.25) is 5.02 Å². The van der Waals surface area contributed by atoms with E-state index in [9.17, 15) is 0 Å². The number of nitrogens with zero attached hydrogens (tertiary/aromatic N) is 5. The molecule has 5 rings (SSSR count). The minimum absolute atomic E-state index is 0.628. The summed E-state index contributed by atoms with van der Waals surface area (Å²) in [5.74, 6) is 1.43. The Bertz CT molecular complexity index is 1240. The van der Waals surface area contributed by atoms with Crippen molar-refractivity contribution >= 4 is 45.6 Å². The lowest BCUT2D eigenvalue weighted by atomic mass is 10.2. The Morgan fingerprint density at radius 1 is 0.939 bits per heavy atom. The fourth-order valence-electron chi connectivity index (χ4n) is 3.93. The van der Waals surface area contributed by atoms with Crippen LogP contribution < -0.4 is 15.5 Å². The van der Waals surface area contributed by atoms with Crippen LogP contribution in [-0.4, -0.2) is 53.1 Å². The van der Waals surface area contributed by atoms with Crippen molar-refractivity contribution in [3.05, 3.63) is 77.6 Å². The summed E-state index contributed by atoms with van der Waals surface area (Å²) in [6.07, 6.45) is 1.56. The van der Waals surface area contributed by atoms with E-state index in [1.54, 1.807) is 6.33 Å². The molecule has 2 aromatic carbocycles. The summed E-state index contributed by atoms with van der Waals surface area (Å²) in [6, 6.07) is 20.1. The predicted octanol–water partition coefficient (Wildman–Crippen LogP) is 4.79. The highest BCUT2D eigenvalue weighted by molar-refractivity contribution is 6.30. The monoisotopic (exact) mass is 459 g/mol. The van der Waals surface area contributed by atoms with E-state index in [1.165, 1.54) is 5.69 Å². The van der Waals surface area contributed by atoms with E-state index in [0.717, 1.165) is 59.3 Å². The van der Waals surface area contributed by atoms with E-state index in [-0.39, 0.29) is 0 Å². The molecular formula is C25H26ClN7. The fraction of sp³-hybridized carbons (Fsp3) is 0.240. The van der Waals surface area contributed by atoms with Crippen LogP contribution in [0.1, 0.15) is 5.56 Å². The van der Waals surface area contributed by atoms with E-state index in [4.69, 9.17) is 16.6 Å². The normalized spacial score (nSPS) is 14.4. The van der Waals surface area contributed by atoms with E-state index in [1.807, 2.05) is 36.4 Å². The Morgan fingerprint density at radius 2 is 1.76 bits per heavy atom. The quantitative estimate of drug-likeness (QED) is 0.429. The summed E-state index contributed by atoms with van der Waals surface area (Å²) in [5.41, 5.74) is 4.80. The highest BCUT2D eigenvalue weighted by atomic mass is 35.5. The van der Waals surface area contributed by atoms with Gasteiger partial charge < -0.3 is 20.4 Å². The minimum Gasteiger partial charge on any atom is -0.369 e. The van der Waals surface area contributed by atoms with Crippen molar-refractivity contribution in [2.24, 2.45) is 0 Å². The molecule has 1 saturated heterocycles. The lowest BCUT2D eigenvalue weighted by molar-refractivity contribution is 0.313. The molecule has 3 heterocycles. The number of anilines is 4. The highest BCUT2D eigenvalue weighted by Gasteiger charge is 2.14. The number of aromatic nitrogens is 3. The average Bonchev–Trinajstić information content (AvgIpc) is 2.84. The second-order valence-corrected chi connectivity index (χ2v) is 8.67. The van der Waals surface area contributed by atoms with Gasteiger partial charge in [0.1, 0.15) is 17.7 Å². The largest absolute Gasteiger partial charge is 0.369 e. The molecule has 168 valence electrons. The maximum absolute atomic E-state index is 6.09. The maximum atomic E-state index is 6.09. The molecule has 0 aliphatic carbocycles. The molecule has 0 amide bonds. The van der Waals surface area contributed by atoms with Crippen LogP contribution in [0.5, 0.6) is 0 Å². The fourth-order valence-corrected chi connectivity index (χ4v) is 4.14. The van der Waals surface area contributed by atoms with E-state index in [2.05, 4.69) is 61.7 Å². The Hall–Kier alpha value is -3.42. The van der Waals surface area contributed by atoms with Gasteiger partial charge >= 0.3 is 0 Å². The molecule has 7 nitrogen and oxygen atoms in total. The van der Waals surface area contributed by atoms with Gasteiger partial charge in [-0.1, -0.05) is 23.7 Å². The Balaban J connectivity index is 1.32. The summed E-state index contributed by atoms with van der Waals surface area (Å²) in [4.78, 5) is 18.4. The molecule has 33 heavy (non-hydrogen) atoms. The number of piperazine rings is 1. The van der Waals surface area contributed by atoms with Gasteiger partial charge in [0.15, 0.2) is 5.82 Å². The second kappa shape index (κ2) is 9.60. The lowest BCUT2D eigenvalue weighted by Gasteiger charge is -2.34. The zero-order chi connectivity index (χ0) is 22.6. The number of likely N-dealkylation sites (N-methyl/N-ethyl adjacent to an activating group) is 1. The zero-order valence-corrected chi connectivity index (χ0v) is 19.3. The smallest absolute Gasteiger partial charge is 0.160 e. The molecule has 4 aromatic rings. The molecule has 8 heteroatoms. The number of benzene rings is 2. The van der Waals surface area contributed by atoms with Gasteiger partial charge in [0.2, 0.25) is 0 Å². The number of fused-ring (bicyclic) bond motifs is 1. The third-order valence-electron chi connectivity index (χ3n) is 5.84. The third kappa shape index (κ3) is 5.16. The number of halogens is 1. The van der Waals surface area contributed by atoms with Crippen LogP contribution in [0.3, 0.4) is 0 Å². The third-order valence-corrected chi connectivity index (χ3v) is 6.08. The molecule has 1 aliphatic heterocycles. The Morgan fingerprint density at radius 3 is 2.55 bits per heavy atom. The van der Waals surface area contributed by atoms with Gasteiger partial charge in [-0.15, -0.1) is 0 Å². The summed E-state index contributed by atoms with van der Waals surface area (Å²) in [6.45, 7) is 4.91. The molecule has 0 bridgehead atoms. The molecule has 2 N–H and O–H groups in total. The first-order chi connectivity index (χ1) is 16.1. The number of hydrogen-bond acceptors (Lipinski definition) is 7. The molecular weight excluding hydrogens is 434 g/mol. The van der Waals surface area contributed by atoms with Crippen LogP contribution in [0.15, 0.2) is 67.0 Å². The Kier molecular flexibility index (Phi) is 6.24. The topological polar surface area (TPSA) is 69.2 Å². The van der Waals surface area contributed by atoms with Crippen molar-refractivity contribution in [3.63, 3.8) is 0 Å². The van der Waals surface area contributed by atoms with Crippen molar-refractivity contribution in [1.82, 2.24) is 19.9 Å². The predicted molar refractivity (Wildman–Crippen MR) is 136 cm³/mol. The molecule has 0 spiro atoms. The average molecular weight is 460 g/mol. The SMILES string of the molecule is CN1CCN(c2ccc(Nc3ncnc4ccc(NCc5cccc(Cl)c5)nc34)cc2)CC1. The van der Waals surface area contributed by atoms with Crippen LogP contribution >= 0.6 is 11.6 Å². The van der Waals surface area contributed by atoms with Crippen LogP contribution in [-0.2, 0) is 6.54 Å². The zero-order valence-electron chi connectivity index (χ0n) is 18.5. The van der Waals surface area contributed by atoms with Crippen molar-refractivity contribution in [2.45, 2.75) is 6.54 Å². The minimum atomic E-state index is 0.628. The summed E-state index contributed by atoms with van der Waals surface area (Å²) >= 11 is 6.09. The Labute approximate surface area is 198 Å². The summed E-state index contributed by atoms with van der Waals surface area (Å²) in [7, 11) is 2.17. The molecule has 1 fully saturated rings. The lowest BCUT2D eigenvalue weighted by Crippen LogP contribution is -2.44. The van der Waals surface area contributed by atoms with Crippen molar-refractivity contribution in [1.29, 1.82) is 0 Å². The van der Waals surface area contributed by atoms with Crippen molar-refractivity contribution < 1.29 is 0 Å². The van der Waals surface area contributed by atoms with Gasteiger partial charge in [-0.2, -0.15) is 0 Å². The number of hydrogen-bond donors (Lipinski definition) is 2. The number of rotatable bonds is 6. The van der Waals surface area contributed by atoms with Gasteiger partial charge in [0.05, 0.1) is 5.52 Å². The van der Waals surface area contributed by atoms with Gasteiger partial charge in [0, 0.05) is 49.1 Å². The first kappa shape index (κ1) is 21.4. The second-order valence-electron chi connectivity index (χ2n) is 8.23. The van der Waals surface area contributed by atoms with E-state index < -0.39 is 0 Å². The molecule has 0 unspecified atom stereocenters. The van der Waals surface area contributed by atoms with Gasteiger partial charge in [-0.25, -0.2) is 15.0 Å². The first-order valence-corrected chi connectivity index (χ1v) is 11.4. The van der Waals surface area contributed by atoms with E-state index >= 15 is 0 Å². The molecule has 1 aliphatic rings. The molecule has 0 atom stereocenters. The molecule has 2 aromatic heterocycles. The van der Waals surface area contributed by atoms with E-state index in [0.29, 0.717) is 12.4 Å². The van der Waals surface area contributed by atoms with Crippen LogP contribution in [0, 0.1) is 0 Å². The highest BCUT2D eigenvalue weighted by Crippen LogP contribution is 2.25. The maximum Gasteiger partial charge on any atom is 0.160 e.